The highest BCUT2D eigenvalue weighted by atomic mass is 35.5. The topological polar surface area (TPSA) is 67.8 Å². The molecule has 0 saturated heterocycles. The standard InChI is InChI=1S/C10H6ClFN4O/c11-7-4-8(15-5-14-7)16-10(17)6-2-1-3-13-9(6)12/h1-5H,(H,14,15,16,17). The van der Waals surface area contributed by atoms with Gasteiger partial charge in [-0.3, -0.25) is 4.79 Å². The first-order valence-electron chi connectivity index (χ1n) is 4.56. The van der Waals surface area contributed by atoms with Crippen LogP contribution in [0.4, 0.5) is 10.2 Å². The molecule has 5 nitrogen and oxygen atoms in total. The van der Waals surface area contributed by atoms with Crippen LogP contribution in [0.5, 0.6) is 0 Å². The van der Waals surface area contributed by atoms with Gasteiger partial charge >= 0.3 is 0 Å². The van der Waals surface area contributed by atoms with E-state index in [-0.39, 0.29) is 16.5 Å². The lowest BCUT2D eigenvalue weighted by molar-refractivity contribution is 0.102. The lowest BCUT2D eigenvalue weighted by Crippen LogP contribution is -2.15. The average molecular weight is 253 g/mol. The molecular formula is C10H6ClFN4O. The van der Waals surface area contributed by atoms with Crippen LogP contribution in [0, 0.1) is 5.95 Å². The first-order chi connectivity index (χ1) is 8.16. The van der Waals surface area contributed by atoms with Crippen LogP contribution in [0.15, 0.2) is 30.7 Å². The van der Waals surface area contributed by atoms with Crippen molar-refractivity contribution in [2.24, 2.45) is 0 Å². The fourth-order valence-electron chi connectivity index (χ4n) is 1.14. The van der Waals surface area contributed by atoms with Crippen LogP contribution in [0.1, 0.15) is 10.4 Å². The number of nitrogens with one attached hydrogen (secondary N) is 1. The molecule has 2 aromatic rings. The molecular weight excluding hydrogens is 247 g/mol. The molecule has 0 fully saturated rings. The number of hydrogen-bond acceptors (Lipinski definition) is 4. The zero-order chi connectivity index (χ0) is 12.3. The Kier molecular flexibility index (Phi) is 3.24. The maximum absolute atomic E-state index is 13.2. The number of aromatic nitrogens is 3. The van der Waals surface area contributed by atoms with Crippen molar-refractivity contribution in [1.29, 1.82) is 0 Å². The molecule has 0 aliphatic carbocycles. The highest BCUT2D eigenvalue weighted by Gasteiger charge is 2.12. The number of amides is 1. The summed E-state index contributed by atoms with van der Waals surface area (Å²) in [6, 6.07) is 4.14. The van der Waals surface area contributed by atoms with E-state index >= 15 is 0 Å². The van der Waals surface area contributed by atoms with Crippen molar-refractivity contribution in [1.82, 2.24) is 15.0 Å². The number of carbonyl (C=O) groups is 1. The van der Waals surface area contributed by atoms with Crippen LogP contribution in [0.3, 0.4) is 0 Å². The number of carbonyl (C=O) groups excluding carboxylic acids is 1. The van der Waals surface area contributed by atoms with Crippen molar-refractivity contribution in [2.75, 3.05) is 5.32 Å². The van der Waals surface area contributed by atoms with E-state index in [2.05, 4.69) is 20.3 Å². The number of halogens is 2. The van der Waals surface area contributed by atoms with Gasteiger partial charge in [0.05, 0.1) is 5.56 Å². The largest absolute Gasteiger partial charge is 0.306 e. The Balaban J connectivity index is 2.20. The molecule has 2 aromatic heterocycles. The van der Waals surface area contributed by atoms with E-state index in [9.17, 15) is 9.18 Å². The molecule has 0 spiro atoms. The predicted octanol–water partition coefficient (Wildman–Crippen LogP) is 1.92. The van der Waals surface area contributed by atoms with Crippen molar-refractivity contribution in [2.45, 2.75) is 0 Å². The van der Waals surface area contributed by atoms with Gasteiger partial charge in [-0.05, 0) is 12.1 Å². The monoisotopic (exact) mass is 252 g/mol. The first-order valence-corrected chi connectivity index (χ1v) is 4.94. The summed E-state index contributed by atoms with van der Waals surface area (Å²) in [5.41, 5.74) is -0.165. The summed E-state index contributed by atoms with van der Waals surface area (Å²) in [7, 11) is 0. The molecule has 0 atom stereocenters. The molecule has 1 N–H and O–H groups in total. The Morgan fingerprint density at radius 1 is 1.35 bits per heavy atom. The molecule has 0 unspecified atom stereocenters. The van der Waals surface area contributed by atoms with Crippen LogP contribution in [-0.4, -0.2) is 20.9 Å². The predicted molar refractivity (Wildman–Crippen MR) is 59.2 cm³/mol. The fourth-order valence-corrected chi connectivity index (χ4v) is 1.29. The van der Waals surface area contributed by atoms with E-state index in [1.807, 2.05) is 0 Å². The smallest absolute Gasteiger partial charge is 0.261 e. The van der Waals surface area contributed by atoms with Crippen LogP contribution in [0.25, 0.3) is 0 Å². The second-order valence-electron chi connectivity index (χ2n) is 3.02. The quantitative estimate of drug-likeness (QED) is 0.655. The summed E-state index contributed by atoms with van der Waals surface area (Å²) >= 11 is 5.62. The normalized spacial score (nSPS) is 10.0. The highest BCUT2D eigenvalue weighted by Crippen LogP contribution is 2.11. The van der Waals surface area contributed by atoms with Gasteiger partial charge < -0.3 is 5.32 Å². The van der Waals surface area contributed by atoms with Gasteiger partial charge in [0.15, 0.2) is 0 Å². The number of nitrogens with zero attached hydrogens (tertiary/aromatic N) is 3. The maximum Gasteiger partial charge on any atom is 0.261 e. The van der Waals surface area contributed by atoms with Gasteiger partial charge in [-0.2, -0.15) is 4.39 Å². The maximum atomic E-state index is 13.2. The minimum atomic E-state index is -0.842. The molecule has 7 heteroatoms. The second-order valence-corrected chi connectivity index (χ2v) is 3.41. The van der Waals surface area contributed by atoms with E-state index < -0.39 is 11.9 Å². The Bertz CT molecular complexity index is 564. The zero-order valence-corrected chi connectivity index (χ0v) is 9.15. The molecule has 2 rings (SSSR count). The minimum Gasteiger partial charge on any atom is -0.306 e. The molecule has 0 aliphatic rings. The van der Waals surface area contributed by atoms with Gasteiger partial charge in [-0.1, -0.05) is 11.6 Å². The molecule has 2 heterocycles. The van der Waals surface area contributed by atoms with Gasteiger partial charge in [0.25, 0.3) is 5.91 Å². The molecule has 0 radical (unpaired) electrons. The number of pyridine rings is 1. The van der Waals surface area contributed by atoms with Gasteiger partial charge in [-0.15, -0.1) is 0 Å². The summed E-state index contributed by atoms with van der Waals surface area (Å²) < 4.78 is 13.2. The van der Waals surface area contributed by atoms with Gasteiger partial charge in [-0.25, -0.2) is 15.0 Å². The van der Waals surface area contributed by atoms with Crippen LogP contribution in [-0.2, 0) is 0 Å². The summed E-state index contributed by atoms with van der Waals surface area (Å²) in [5, 5.41) is 2.57. The van der Waals surface area contributed by atoms with E-state index in [1.165, 1.54) is 30.7 Å². The third-order valence-corrected chi connectivity index (χ3v) is 2.09. The highest BCUT2D eigenvalue weighted by molar-refractivity contribution is 6.29. The molecule has 1 amide bonds. The summed E-state index contributed by atoms with van der Waals surface area (Å²) in [5.74, 6) is -1.30. The van der Waals surface area contributed by atoms with Crippen molar-refractivity contribution < 1.29 is 9.18 Å². The van der Waals surface area contributed by atoms with Crippen molar-refractivity contribution in [3.8, 4) is 0 Å². The summed E-state index contributed by atoms with van der Waals surface area (Å²) in [6.45, 7) is 0. The molecule has 86 valence electrons. The number of anilines is 1. The molecule has 17 heavy (non-hydrogen) atoms. The average Bonchev–Trinajstić information content (AvgIpc) is 2.29. The third-order valence-electron chi connectivity index (χ3n) is 1.88. The Morgan fingerprint density at radius 2 is 2.18 bits per heavy atom. The molecule has 0 saturated carbocycles. The minimum absolute atomic E-state index is 0.165. The Morgan fingerprint density at radius 3 is 2.88 bits per heavy atom. The zero-order valence-electron chi connectivity index (χ0n) is 8.39. The SMILES string of the molecule is O=C(Nc1cc(Cl)ncn1)c1cccnc1F. The van der Waals surface area contributed by atoms with Crippen molar-refractivity contribution in [3.63, 3.8) is 0 Å². The van der Waals surface area contributed by atoms with E-state index in [0.29, 0.717) is 0 Å². The lowest BCUT2D eigenvalue weighted by atomic mass is 10.2. The first kappa shape index (κ1) is 11.4. The Labute approximate surface area is 101 Å². The van der Waals surface area contributed by atoms with Crippen LogP contribution in [0.2, 0.25) is 5.15 Å². The third kappa shape index (κ3) is 2.73. The fraction of sp³-hybridized carbons (Fsp3) is 0. The van der Waals surface area contributed by atoms with E-state index in [4.69, 9.17) is 11.6 Å². The van der Waals surface area contributed by atoms with E-state index in [0.717, 1.165) is 0 Å². The van der Waals surface area contributed by atoms with E-state index in [1.54, 1.807) is 0 Å². The molecule has 0 aliphatic heterocycles. The summed E-state index contributed by atoms with van der Waals surface area (Å²) in [6.07, 6.45) is 2.45. The van der Waals surface area contributed by atoms with Gasteiger partial charge in [0.2, 0.25) is 5.95 Å². The van der Waals surface area contributed by atoms with Crippen LogP contribution < -0.4 is 5.32 Å². The molecule has 0 aromatic carbocycles. The second kappa shape index (κ2) is 4.84. The van der Waals surface area contributed by atoms with Crippen LogP contribution >= 0.6 is 11.6 Å². The molecule has 0 bridgehead atoms. The van der Waals surface area contributed by atoms with Gasteiger partial charge in [0, 0.05) is 12.3 Å². The Hall–Kier alpha value is -2.08. The van der Waals surface area contributed by atoms with Crippen molar-refractivity contribution >= 4 is 23.3 Å². The lowest BCUT2D eigenvalue weighted by Gasteiger charge is -2.04. The summed E-state index contributed by atoms with van der Waals surface area (Å²) in [4.78, 5) is 22.4. The van der Waals surface area contributed by atoms with Crippen molar-refractivity contribution in [3.05, 3.63) is 47.4 Å². The van der Waals surface area contributed by atoms with Gasteiger partial charge in [0.1, 0.15) is 17.3 Å². The number of hydrogen-bond donors (Lipinski definition) is 1. The number of rotatable bonds is 2.